The molecule has 6 heterocycles. The van der Waals surface area contributed by atoms with Gasteiger partial charge in [-0.25, -0.2) is 4.79 Å². The van der Waals surface area contributed by atoms with Gasteiger partial charge in [0.05, 0.1) is 24.6 Å². The summed E-state index contributed by atoms with van der Waals surface area (Å²) >= 11 is 0. The maximum absolute atomic E-state index is 15.1. The van der Waals surface area contributed by atoms with Gasteiger partial charge < -0.3 is 39.7 Å². The first-order valence-electron chi connectivity index (χ1n) is 25.8. The van der Waals surface area contributed by atoms with Gasteiger partial charge in [-0.1, -0.05) is 68.8 Å². The summed E-state index contributed by atoms with van der Waals surface area (Å²) in [5, 5.41) is 41.3. The van der Waals surface area contributed by atoms with E-state index in [2.05, 4.69) is 93.9 Å². The highest BCUT2D eigenvalue weighted by Gasteiger charge is 2.78. The number of aliphatic hydroxyl groups excluding tert-OH is 1. The summed E-state index contributed by atoms with van der Waals surface area (Å²) in [6.45, 7) is 12.6. The number of aryl methyl sites for hydroxylation is 1. The lowest BCUT2D eigenvalue weighted by molar-refractivity contribution is -0.203. The van der Waals surface area contributed by atoms with Crippen LogP contribution in [-0.2, 0) is 45.7 Å². The zero-order chi connectivity index (χ0) is 49.5. The van der Waals surface area contributed by atoms with Gasteiger partial charge in [0.15, 0.2) is 5.60 Å². The Morgan fingerprint density at radius 2 is 1.80 bits per heavy atom. The fraction of sp³-hybridized carbons (Fsp3) is 0.630. The van der Waals surface area contributed by atoms with Gasteiger partial charge in [0, 0.05) is 74.2 Å². The highest BCUT2D eigenvalue weighted by molar-refractivity contribution is 7.26. The Hall–Kier alpha value is -4.24. The number of carbonyl (C=O) groups excluding carboxylic acids is 4. The van der Waals surface area contributed by atoms with Crippen LogP contribution in [0.3, 0.4) is 0 Å². The second kappa shape index (κ2) is 18.4. The Labute approximate surface area is 413 Å². The van der Waals surface area contributed by atoms with Crippen LogP contribution >= 0.6 is 9.12 Å². The van der Waals surface area contributed by atoms with E-state index in [0.29, 0.717) is 51.7 Å². The van der Waals surface area contributed by atoms with Gasteiger partial charge in [-0.2, -0.15) is 4.20 Å². The van der Waals surface area contributed by atoms with Crippen LogP contribution in [0.2, 0.25) is 0 Å². The zero-order valence-electron chi connectivity index (χ0n) is 41.4. The van der Waals surface area contributed by atoms with E-state index in [1.807, 2.05) is 14.0 Å². The number of benzene rings is 2. The predicted octanol–water partition coefficient (Wildman–Crippen LogP) is 5.17. The first-order valence-corrected chi connectivity index (χ1v) is 26.5. The lowest BCUT2D eigenvalue weighted by Crippen LogP contribution is -2.81. The highest BCUT2D eigenvalue weighted by atomic mass is 31.1. The lowest BCUT2D eigenvalue weighted by atomic mass is 9.47. The van der Waals surface area contributed by atoms with E-state index in [1.54, 1.807) is 0 Å². The van der Waals surface area contributed by atoms with Gasteiger partial charge in [0.2, 0.25) is 5.91 Å². The smallest absolute Gasteiger partial charge is 0.328 e. The molecule has 1 saturated carbocycles. The fourth-order valence-electron chi connectivity index (χ4n) is 15.7. The number of nitrogens with zero attached hydrogens (tertiary/aromatic N) is 4. The Bertz CT molecular complexity index is 2520. The van der Waals surface area contributed by atoms with Gasteiger partial charge in [-0.3, -0.25) is 24.2 Å². The molecule has 378 valence electrons. The zero-order valence-corrected chi connectivity index (χ0v) is 42.4. The first kappa shape index (κ1) is 49.3. The Morgan fingerprint density at radius 3 is 2.57 bits per heavy atom. The number of hydrogen-bond acceptors (Lipinski definition) is 12. The van der Waals surface area contributed by atoms with Crippen molar-refractivity contribution in [3.63, 3.8) is 0 Å². The standard InChI is InChI=1S/C54H71FN5O9P/c1-6-51(66)30-34-29-50(4,39-27-35-12-8-9-13-36(35)37(39)17-23-58(31-34)32-51)38-28-40-42(26-33(38)3)57(5)47-53(40)19-24-59-21-11-18-52(7-2,46(53)59)48(64)54(47,67)49(65)56-20-25-68-45(63)41-14-10-22-60(41)43(61)15-16-44(62)69-70-55/h8-9,11-13,18,26,28,34,41,46-48,64,66-67,70H,6-7,10,14-17,19-25,27,29-32H2,1-5H3,(H,56,65)/t34?,41?,46?,47?,48-,50-,51?,52-,53?,54+/m0/s1. The van der Waals surface area contributed by atoms with E-state index in [9.17, 15) is 33.9 Å². The molecular formula is C54H71FN5O9P. The number of esters is 1. The molecule has 6 aliphatic heterocycles. The normalized spacial score (nSPS) is 36.2. The monoisotopic (exact) mass is 983 g/mol. The number of rotatable bonds is 12. The van der Waals surface area contributed by atoms with Crippen LogP contribution in [0.5, 0.6) is 0 Å². The number of anilines is 1. The van der Waals surface area contributed by atoms with Crippen LogP contribution in [0.15, 0.2) is 54.1 Å². The molecule has 4 fully saturated rings. The number of likely N-dealkylation sites (N-methyl/N-ethyl adjacent to an activating group) is 1. The Morgan fingerprint density at radius 1 is 1.00 bits per heavy atom. The van der Waals surface area contributed by atoms with E-state index in [1.165, 1.54) is 32.7 Å². The van der Waals surface area contributed by atoms with Crippen LogP contribution < -0.4 is 10.2 Å². The van der Waals surface area contributed by atoms with E-state index in [-0.39, 0.29) is 38.0 Å². The van der Waals surface area contributed by atoms with Gasteiger partial charge in [-0.15, -0.1) is 0 Å². The number of amides is 2. The van der Waals surface area contributed by atoms with Crippen LogP contribution in [0.4, 0.5) is 9.88 Å². The van der Waals surface area contributed by atoms with E-state index < -0.39 is 78.5 Å². The molecule has 4 N–H and O–H groups in total. The van der Waals surface area contributed by atoms with Gasteiger partial charge in [0.1, 0.15) is 18.8 Å². The fourth-order valence-corrected chi connectivity index (χ4v) is 15.9. The molecule has 16 heteroatoms. The number of carbonyl (C=O) groups is 4. The van der Waals surface area contributed by atoms with Crippen LogP contribution in [0, 0.1) is 18.3 Å². The molecule has 8 aliphatic rings. The van der Waals surface area contributed by atoms with Crippen molar-refractivity contribution >= 4 is 44.1 Å². The molecule has 1 spiro atoms. The Kier molecular flexibility index (Phi) is 12.9. The average molecular weight is 984 g/mol. The summed E-state index contributed by atoms with van der Waals surface area (Å²) in [7, 11) is 0.439. The minimum Gasteiger partial charge on any atom is -0.462 e. The second-order valence-corrected chi connectivity index (χ2v) is 22.5. The molecular weight excluding hydrogens is 913 g/mol. The molecule has 10 rings (SSSR count). The highest BCUT2D eigenvalue weighted by Crippen LogP contribution is 2.67. The third kappa shape index (κ3) is 7.52. The van der Waals surface area contributed by atoms with Crippen LogP contribution in [-0.4, -0.2) is 149 Å². The summed E-state index contributed by atoms with van der Waals surface area (Å²) in [4.78, 5) is 61.4. The number of allylic oxidation sites excluding steroid dienone is 1. The van der Waals surface area contributed by atoms with Crippen molar-refractivity contribution in [1.29, 1.82) is 0 Å². The summed E-state index contributed by atoms with van der Waals surface area (Å²) < 4.78 is 22.4. The van der Waals surface area contributed by atoms with E-state index >= 15 is 4.79 Å². The van der Waals surface area contributed by atoms with Crippen LogP contribution in [0.1, 0.15) is 113 Å². The summed E-state index contributed by atoms with van der Waals surface area (Å²) in [5.41, 5.74) is 4.70. The van der Waals surface area contributed by atoms with Gasteiger partial charge in [-0.05, 0) is 117 Å². The molecule has 2 bridgehead atoms. The van der Waals surface area contributed by atoms with Crippen molar-refractivity contribution in [3.05, 3.63) is 81.9 Å². The minimum atomic E-state index is -2.31. The quantitative estimate of drug-likeness (QED) is 0.0954. The third-order valence-corrected chi connectivity index (χ3v) is 18.9. The van der Waals surface area contributed by atoms with E-state index in [4.69, 9.17) is 4.74 Å². The maximum atomic E-state index is 15.1. The molecule has 0 aromatic heterocycles. The number of aliphatic hydroxyl groups is 3. The predicted molar refractivity (Wildman–Crippen MR) is 265 cm³/mol. The molecule has 2 aromatic carbocycles. The third-order valence-electron chi connectivity index (χ3n) is 18.6. The average Bonchev–Trinajstić information content (AvgIpc) is 4.14. The number of likely N-dealkylation sites (tertiary alicyclic amines) is 1. The first-order chi connectivity index (χ1) is 33.5. The molecule has 0 radical (unpaired) electrons. The van der Waals surface area contributed by atoms with Crippen molar-refractivity contribution in [2.45, 2.75) is 145 Å². The number of ether oxygens (including phenoxy) is 1. The van der Waals surface area contributed by atoms with Crippen molar-refractivity contribution in [1.82, 2.24) is 20.0 Å². The molecule has 14 nitrogen and oxygen atoms in total. The van der Waals surface area contributed by atoms with Crippen molar-refractivity contribution in [2.24, 2.45) is 11.3 Å². The molecule has 2 amide bonds. The molecule has 8 unspecified atom stereocenters. The number of piperidine rings is 1. The summed E-state index contributed by atoms with van der Waals surface area (Å²) in [6, 6.07) is 11.6. The second-order valence-electron chi connectivity index (χ2n) is 22.2. The van der Waals surface area contributed by atoms with E-state index in [0.717, 1.165) is 62.1 Å². The molecule has 2 aromatic rings. The van der Waals surface area contributed by atoms with Crippen molar-refractivity contribution in [3.8, 4) is 0 Å². The summed E-state index contributed by atoms with van der Waals surface area (Å²) in [6.07, 6.45) is 8.25. The number of fused-ring (bicyclic) bond motifs is 5. The lowest BCUT2D eigenvalue weighted by Gasteiger charge is -2.63. The molecule has 2 aliphatic carbocycles. The summed E-state index contributed by atoms with van der Waals surface area (Å²) in [5.74, 6) is -2.40. The topological polar surface area (TPSA) is 172 Å². The minimum absolute atomic E-state index is 0.149. The Balaban J connectivity index is 0.987. The number of halogens is 1. The SMILES string of the molecule is CCC1(O)CC2CN(CCC3=C(Cc4ccccc43)[C@](C)(c3cc4c(cc3C)N(C)C3C45CCN4CC=C[C@@](CC)(C45)[C@H](O)[C@@]3(O)C(=O)NCCOC(=O)C3CCCN3C(=O)CCC(=O)OPF)C2)C1. The number of hydrogen-bond donors (Lipinski definition) is 4. The van der Waals surface area contributed by atoms with Gasteiger partial charge >= 0.3 is 11.9 Å². The van der Waals surface area contributed by atoms with Gasteiger partial charge in [0.25, 0.3) is 15.0 Å². The molecule has 12 atom stereocenters. The number of nitrogens with one attached hydrogen (secondary N) is 1. The van der Waals surface area contributed by atoms with Crippen LogP contribution in [0.25, 0.3) is 5.57 Å². The molecule has 3 saturated heterocycles. The van der Waals surface area contributed by atoms with Crippen molar-refractivity contribution in [2.75, 3.05) is 64.4 Å². The van der Waals surface area contributed by atoms with Crippen molar-refractivity contribution < 1.29 is 48.0 Å². The molecule has 70 heavy (non-hydrogen) atoms. The largest absolute Gasteiger partial charge is 0.462 e. The maximum Gasteiger partial charge on any atom is 0.328 e.